The lowest BCUT2D eigenvalue weighted by Gasteiger charge is -2.00. The van der Waals surface area contributed by atoms with Crippen molar-refractivity contribution in [1.29, 1.82) is 0 Å². The van der Waals surface area contributed by atoms with E-state index in [1.807, 2.05) is 6.07 Å². The number of aryl methyl sites for hydroxylation is 1. The van der Waals surface area contributed by atoms with Crippen molar-refractivity contribution in [1.82, 2.24) is 10.2 Å². The summed E-state index contributed by atoms with van der Waals surface area (Å²) in [6.07, 6.45) is 3.82. The fourth-order valence-corrected chi connectivity index (χ4v) is 1.33. The second-order valence-electron chi connectivity index (χ2n) is 2.96. The van der Waals surface area contributed by atoms with Crippen LogP contribution in [0.15, 0.2) is 30.3 Å². The largest absolute Gasteiger partial charge is 0.277 e. The Bertz CT molecular complexity index is 377. The third kappa shape index (κ3) is 1.61. The van der Waals surface area contributed by atoms with Gasteiger partial charge >= 0.3 is 0 Å². The van der Waals surface area contributed by atoms with Gasteiger partial charge < -0.3 is 0 Å². The zero-order chi connectivity index (χ0) is 9.10. The molecule has 0 aliphatic rings. The van der Waals surface area contributed by atoms with Crippen LogP contribution in [0.2, 0.25) is 0 Å². The molecule has 1 aromatic heterocycles. The van der Waals surface area contributed by atoms with Crippen LogP contribution in [0.5, 0.6) is 0 Å². The lowest BCUT2D eigenvalue weighted by molar-refractivity contribution is 1.09. The predicted molar refractivity (Wildman–Crippen MR) is 52.2 cm³/mol. The number of hydrogen-bond acceptors (Lipinski definition) is 1. The second kappa shape index (κ2) is 3.44. The van der Waals surface area contributed by atoms with Crippen LogP contribution in [0.4, 0.5) is 0 Å². The molecule has 0 atom stereocenters. The van der Waals surface area contributed by atoms with E-state index >= 15 is 0 Å². The molecule has 2 aromatic rings. The van der Waals surface area contributed by atoms with E-state index in [1.165, 1.54) is 11.1 Å². The Morgan fingerprint density at radius 3 is 3.08 bits per heavy atom. The van der Waals surface area contributed by atoms with Gasteiger partial charge in [0.2, 0.25) is 0 Å². The average molecular weight is 171 g/mol. The van der Waals surface area contributed by atoms with E-state index in [9.17, 15) is 0 Å². The quantitative estimate of drug-likeness (QED) is 0.738. The molecule has 1 radical (unpaired) electrons. The van der Waals surface area contributed by atoms with Gasteiger partial charge in [-0.25, -0.2) is 0 Å². The number of aromatic nitrogens is 2. The van der Waals surface area contributed by atoms with Crippen molar-refractivity contribution in [3.63, 3.8) is 0 Å². The van der Waals surface area contributed by atoms with Gasteiger partial charge in [-0.3, -0.25) is 5.10 Å². The van der Waals surface area contributed by atoms with Gasteiger partial charge in [-0.2, -0.15) is 5.10 Å². The Balaban J connectivity index is 2.41. The molecule has 2 rings (SSSR count). The molecule has 2 nitrogen and oxygen atoms in total. The maximum absolute atomic E-state index is 3.80. The van der Waals surface area contributed by atoms with E-state index in [0.717, 1.165) is 12.1 Å². The smallest absolute Gasteiger partial charge is 0.113 e. The highest BCUT2D eigenvalue weighted by molar-refractivity contribution is 5.59. The second-order valence-corrected chi connectivity index (χ2v) is 2.96. The molecule has 13 heavy (non-hydrogen) atoms. The molecule has 0 fully saturated rings. The summed E-state index contributed by atoms with van der Waals surface area (Å²) in [5.74, 6) is 0. The molecule has 0 unspecified atom stereocenters. The molecule has 1 N–H and O–H groups in total. The fraction of sp³-hybridized carbons (Fsp3) is 0.182. The molecule has 0 aliphatic carbocycles. The van der Waals surface area contributed by atoms with E-state index in [-0.39, 0.29) is 0 Å². The van der Waals surface area contributed by atoms with Gasteiger partial charge in [0, 0.05) is 0 Å². The van der Waals surface area contributed by atoms with Crippen LogP contribution in [0, 0.1) is 6.20 Å². The first-order valence-corrected chi connectivity index (χ1v) is 4.41. The number of nitrogens with one attached hydrogen (secondary N) is 1. The van der Waals surface area contributed by atoms with E-state index in [1.54, 1.807) is 0 Å². The van der Waals surface area contributed by atoms with E-state index < -0.39 is 0 Å². The first-order valence-electron chi connectivity index (χ1n) is 4.41. The van der Waals surface area contributed by atoms with Crippen LogP contribution >= 0.6 is 0 Å². The van der Waals surface area contributed by atoms with Crippen molar-refractivity contribution < 1.29 is 0 Å². The Morgan fingerprint density at radius 1 is 1.46 bits per heavy atom. The first-order chi connectivity index (χ1) is 6.40. The highest BCUT2D eigenvalue weighted by atomic mass is 15.1. The van der Waals surface area contributed by atoms with Gasteiger partial charge in [0.25, 0.3) is 0 Å². The van der Waals surface area contributed by atoms with Crippen molar-refractivity contribution in [3.8, 4) is 11.3 Å². The van der Waals surface area contributed by atoms with Crippen molar-refractivity contribution in [2.45, 2.75) is 13.3 Å². The molecule has 0 aliphatic heterocycles. The van der Waals surface area contributed by atoms with Gasteiger partial charge in [-0.15, -0.1) is 0 Å². The van der Waals surface area contributed by atoms with Gasteiger partial charge in [0.15, 0.2) is 0 Å². The van der Waals surface area contributed by atoms with Crippen molar-refractivity contribution >= 4 is 0 Å². The van der Waals surface area contributed by atoms with E-state index in [0.29, 0.717) is 0 Å². The summed E-state index contributed by atoms with van der Waals surface area (Å²) in [5.41, 5.74) is 3.54. The summed E-state index contributed by atoms with van der Waals surface area (Å²) in [4.78, 5) is 0. The van der Waals surface area contributed by atoms with Crippen LogP contribution in [-0.4, -0.2) is 10.2 Å². The van der Waals surface area contributed by atoms with Gasteiger partial charge in [0.1, 0.15) is 6.20 Å². The van der Waals surface area contributed by atoms with Crippen LogP contribution < -0.4 is 0 Å². The SMILES string of the molecule is CCc1cccc(-c2c[c]n[nH]2)c1. The van der Waals surface area contributed by atoms with Crippen LogP contribution in [0.3, 0.4) is 0 Å². The standard InChI is InChI=1S/C11H11N2/c1-2-9-4-3-5-10(8-9)11-6-7-12-13-11/h3-6,8H,2H2,1H3,(H,12,13). The maximum atomic E-state index is 3.80. The Hall–Kier alpha value is -1.57. The molecular formula is C11H11N2. The predicted octanol–water partition coefficient (Wildman–Crippen LogP) is 2.44. The summed E-state index contributed by atoms with van der Waals surface area (Å²) in [6.45, 7) is 2.15. The zero-order valence-electron chi connectivity index (χ0n) is 7.54. The maximum Gasteiger partial charge on any atom is 0.113 e. The average Bonchev–Trinajstić information content (AvgIpc) is 2.71. The Kier molecular flexibility index (Phi) is 2.13. The van der Waals surface area contributed by atoms with Gasteiger partial charge in [-0.1, -0.05) is 25.1 Å². The lowest BCUT2D eigenvalue weighted by atomic mass is 10.1. The summed E-state index contributed by atoms with van der Waals surface area (Å²) in [7, 11) is 0. The normalized spacial score (nSPS) is 10.2. The van der Waals surface area contributed by atoms with Crippen molar-refractivity contribution in [2.24, 2.45) is 0 Å². The number of benzene rings is 1. The highest BCUT2D eigenvalue weighted by Gasteiger charge is 1.98. The molecule has 0 spiro atoms. The minimum Gasteiger partial charge on any atom is -0.277 e. The van der Waals surface area contributed by atoms with Gasteiger partial charge in [0.05, 0.1) is 5.69 Å². The summed E-state index contributed by atoms with van der Waals surface area (Å²) < 4.78 is 0. The number of H-pyrrole nitrogens is 1. The lowest BCUT2D eigenvalue weighted by Crippen LogP contribution is -1.82. The monoisotopic (exact) mass is 171 g/mol. The third-order valence-electron chi connectivity index (χ3n) is 2.10. The molecule has 1 heterocycles. The minimum atomic E-state index is 1.02. The fourth-order valence-electron chi connectivity index (χ4n) is 1.33. The topological polar surface area (TPSA) is 28.7 Å². The summed E-state index contributed by atoms with van der Waals surface area (Å²) in [5, 5.41) is 6.70. The molecule has 0 amide bonds. The third-order valence-corrected chi connectivity index (χ3v) is 2.10. The number of aromatic amines is 1. The Labute approximate surface area is 77.6 Å². The van der Waals surface area contributed by atoms with Crippen LogP contribution in [0.25, 0.3) is 11.3 Å². The molecule has 1 aromatic carbocycles. The minimum absolute atomic E-state index is 1.02. The molecular weight excluding hydrogens is 160 g/mol. The van der Waals surface area contributed by atoms with Crippen molar-refractivity contribution in [3.05, 3.63) is 42.1 Å². The molecule has 2 heteroatoms. The van der Waals surface area contributed by atoms with E-state index in [4.69, 9.17) is 0 Å². The zero-order valence-corrected chi connectivity index (χ0v) is 7.54. The van der Waals surface area contributed by atoms with Crippen LogP contribution in [0.1, 0.15) is 12.5 Å². The van der Waals surface area contributed by atoms with Crippen LogP contribution in [-0.2, 0) is 6.42 Å². The highest BCUT2D eigenvalue weighted by Crippen LogP contribution is 2.17. The number of rotatable bonds is 2. The summed E-state index contributed by atoms with van der Waals surface area (Å²) in [6, 6.07) is 10.3. The molecule has 0 saturated heterocycles. The van der Waals surface area contributed by atoms with E-state index in [2.05, 4.69) is 47.6 Å². The Morgan fingerprint density at radius 2 is 2.38 bits per heavy atom. The number of nitrogens with zero attached hydrogens (tertiary/aromatic N) is 1. The summed E-state index contributed by atoms with van der Waals surface area (Å²) >= 11 is 0. The molecule has 0 bridgehead atoms. The first kappa shape index (κ1) is 8.05. The van der Waals surface area contributed by atoms with Crippen molar-refractivity contribution in [2.75, 3.05) is 0 Å². The molecule has 65 valence electrons. The number of hydrogen-bond donors (Lipinski definition) is 1. The van der Waals surface area contributed by atoms with Gasteiger partial charge in [-0.05, 0) is 29.7 Å². The molecule has 0 saturated carbocycles.